The quantitative estimate of drug-likeness (QED) is 0.772. The highest BCUT2D eigenvalue weighted by molar-refractivity contribution is 6.31. The predicted molar refractivity (Wildman–Crippen MR) is 67.8 cm³/mol. The van der Waals surface area contributed by atoms with Gasteiger partial charge in [-0.3, -0.25) is 4.79 Å². The number of aldehydes is 1. The first kappa shape index (κ1) is 13.2. The molecule has 1 atom stereocenters. The highest BCUT2D eigenvalue weighted by Crippen LogP contribution is 2.34. The summed E-state index contributed by atoms with van der Waals surface area (Å²) in [5.74, 6) is 1.29. The van der Waals surface area contributed by atoms with Crippen LogP contribution >= 0.6 is 11.6 Å². The maximum Gasteiger partial charge on any atom is 0.171 e. The van der Waals surface area contributed by atoms with Gasteiger partial charge < -0.3 is 14.2 Å². The van der Waals surface area contributed by atoms with E-state index >= 15 is 0 Å². The van der Waals surface area contributed by atoms with Crippen molar-refractivity contribution in [2.45, 2.75) is 6.42 Å². The summed E-state index contributed by atoms with van der Waals surface area (Å²) in [5, 5.41) is 0.450. The van der Waals surface area contributed by atoms with Crippen molar-refractivity contribution in [2.75, 3.05) is 26.9 Å². The van der Waals surface area contributed by atoms with E-state index in [-0.39, 0.29) is 0 Å². The molecule has 4 nitrogen and oxygen atoms in total. The van der Waals surface area contributed by atoms with E-state index < -0.39 is 0 Å². The molecule has 1 heterocycles. The first-order valence-electron chi connectivity index (χ1n) is 5.78. The van der Waals surface area contributed by atoms with E-state index in [2.05, 4.69) is 0 Å². The Hall–Kier alpha value is -1.26. The van der Waals surface area contributed by atoms with Crippen molar-refractivity contribution >= 4 is 17.9 Å². The fourth-order valence-electron chi connectivity index (χ4n) is 1.90. The summed E-state index contributed by atoms with van der Waals surface area (Å²) in [6.45, 7) is 1.98. The Bertz CT molecular complexity index is 427. The van der Waals surface area contributed by atoms with Crippen LogP contribution in [0, 0.1) is 5.92 Å². The highest BCUT2D eigenvalue weighted by atomic mass is 35.5. The molecule has 0 amide bonds. The zero-order valence-corrected chi connectivity index (χ0v) is 10.9. The molecule has 0 bridgehead atoms. The van der Waals surface area contributed by atoms with Crippen molar-refractivity contribution < 1.29 is 19.0 Å². The number of hydrogen-bond acceptors (Lipinski definition) is 4. The summed E-state index contributed by atoms with van der Waals surface area (Å²) >= 11 is 5.89. The Morgan fingerprint density at radius 1 is 1.56 bits per heavy atom. The lowest BCUT2D eigenvalue weighted by Crippen LogP contribution is -2.13. The molecule has 1 unspecified atom stereocenters. The van der Waals surface area contributed by atoms with Gasteiger partial charge in [-0.1, -0.05) is 11.6 Å². The van der Waals surface area contributed by atoms with Gasteiger partial charge in [0.25, 0.3) is 0 Å². The molecular weight excluding hydrogens is 256 g/mol. The van der Waals surface area contributed by atoms with E-state index in [0.29, 0.717) is 41.2 Å². The fourth-order valence-corrected chi connectivity index (χ4v) is 2.12. The topological polar surface area (TPSA) is 44.8 Å². The van der Waals surface area contributed by atoms with Gasteiger partial charge in [0, 0.05) is 23.6 Å². The summed E-state index contributed by atoms with van der Waals surface area (Å²) < 4.78 is 16.2. The largest absolute Gasteiger partial charge is 0.493 e. The van der Waals surface area contributed by atoms with Gasteiger partial charge in [-0.05, 0) is 12.5 Å². The van der Waals surface area contributed by atoms with E-state index in [1.54, 1.807) is 12.1 Å². The van der Waals surface area contributed by atoms with Gasteiger partial charge in [-0.25, -0.2) is 0 Å². The van der Waals surface area contributed by atoms with Crippen LogP contribution in [0.15, 0.2) is 12.1 Å². The molecule has 1 aliphatic heterocycles. The first-order valence-corrected chi connectivity index (χ1v) is 6.15. The molecule has 1 aromatic carbocycles. The van der Waals surface area contributed by atoms with Gasteiger partial charge in [-0.15, -0.1) is 0 Å². The molecule has 98 valence electrons. The van der Waals surface area contributed by atoms with Crippen molar-refractivity contribution in [2.24, 2.45) is 5.92 Å². The van der Waals surface area contributed by atoms with Crippen molar-refractivity contribution in [3.63, 3.8) is 0 Å². The zero-order valence-electron chi connectivity index (χ0n) is 10.1. The van der Waals surface area contributed by atoms with Crippen molar-refractivity contribution in [3.05, 3.63) is 22.7 Å². The third kappa shape index (κ3) is 2.94. The summed E-state index contributed by atoms with van der Waals surface area (Å²) in [6.07, 6.45) is 1.70. The second-order valence-electron chi connectivity index (χ2n) is 4.18. The van der Waals surface area contributed by atoms with E-state index in [4.69, 9.17) is 25.8 Å². The number of carbonyl (C=O) groups excluding carboxylic acids is 1. The number of hydrogen-bond donors (Lipinski definition) is 0. The van der Waals surface area contributed by atoms with Gasteiger partial charge in [-0.2, -0.15) is 0 Å². The van der Waals surface area contributed by atoms with Crippen molar-refractivity contribution in [3.8, 4) is 11.5 Å². The molecule has 0 radical (unpaired) electrons. The Morgan fingerprint density at radius 3 is 3.00 bits per heavy atom. The summed E-state index contributed by atoms with van der Waals surface area (Å²) in [4.78, 5) is 11.0. The molecule has 5 heteroatoms. The van der Waals surface area contributed by atoms with Gasteiger partial charge in [0.2, 0.25) is 0 Å². The molecular formula is C13H15ClO4. The molecule has 1 fully saturated rings. The molecule has 1 aliphatic rings. The molecule has 1 saturated heterocycles. The van der Waals surface area contributed by atoms with Crippen LogP contribution in [0.2, 0.25) is 5.02 Å². The first-order chi connectivity index (χ1) is 8.74. The average molecular weight is 271 g/mol. The lowest BCUT2D eigenvalue weighted by atomic mass is 10.1. The Morgan fingerprint density at radius 2 is 2.39 bits per heavy atom. The zero-order chi connectivity index (χ0) is 13.0. The summed E-state index contributed by atoms with van der Waals surface area (Å²) in [7, 11) is 1.52. The molecule has 2 rings (SSSR count). The van der Waals surface area contributed by atoms with Crippen LogP contribution < -0.4 is 9.47 Å². The lowest BCUT2D eigenvalue weighted by molar-refractivity contribution is 0.111. The minimum absolute atomic E-state index is 0.366. The van der Waals surface area contributed by atoms with Crippen LogP contribution in [0.5, 0.6) is 11.5 Å². The molecule has 18 heavy (non-hydrogen) atoms. The molecule has 0 aromatic heterocycles. The molecule has 1 aromatic rings. The number of carbonyl (C=O) groups is 1. The predicted octanol–water partition coefficient (Wildman–Crippen LogP) is 2.58. The number of halogens is 1. The van der Waals surface area contributed by atoms with E-state index in [1.165, 1.54) is 7.11 Å². The summed E-state index contributed by atoms with van der Waals surface area (Å²) in [6, 6.07) is 3.20. The number of ether oxygens (including phenoxy) is 3. The average Bonchev–Trinajstić information content (AvgIpc) is 2.89. The monoisotopic (exact) mass is 270 g/mol. The van der Waals surface area contributed by atoms with Gasteiger partial charge in [0.1, 0.15) is 0 Å². The number of methoxy groups -OCH3 is 1. The van der Waals surface area contributed by atoms with E-state index in [0.717, 1.165) is 19.3 Å². The number of benzene rings is 1. The van der Waals surface area contributed by atoms with Crippen molar-refractivity contribution in [1.29, 1.82) is 0 Å². The summed E-state index contributed by atoms with van der Waals surface area (Å²) in [5.41, 5.74) is 0.401. The maximum atomic E-state index is 11.0. The molecule has 0 spiro atoms. The Kier molecular flexibility index (Phi) is 4.44. The molecule has 0 N–H and O–H groups in total. The Labute approximate surface area is 111 Å². The third-order valence-electron chi connectivity index (χ3n) is 2.88. The van der Waals surface area contributed by atoms with Crippen LogP contribution in [-0.4, -0.2) is 33.2 Å². The second-order valence-corrected chi connectivity index (χ2v) is 4.62. The Balaban J connectivity index is 2.15. The lowest BCUT2D eigenvalue weighted by Gasteiger charge is -2.15. The van der Waals surface area contributed by atoms with Crippen LogP contribution in [-0.2, 0) is 4.74 Å². The SMILES string of the molecule is COc1cc(Cl)cc(C=O)c1OCC1CCOC1. The van der Waals surface area contributed by atoms with Crippen LogP contribution in [0.3, 0.4) is 0 Å². The van der Waals surface area contributed by atoms with Crippen LogP contribution in [0.1, 0.15) is 16.8 Å². The fraction of sp³-hybridized carbons (Fsp3) is 0.462. The van der Waals surface area contributed by atoms with E-state index in [9.17, 15) is 4.79 Å². The third-order valence-corrected chi connectivity index (χ3v) is 3.10. The molecule has 0 saturated carbocycles. The maximum absolute atomic E-state index is 11.0. The minimum atomic E-state index is 0.366. The van der Waals surface area contributed by atoms with Crippen molar-refractivity contribution in [1.82, 2.24) is 0 Å². The van der Waals surface area contributed by atoms with Gasteiger partial charge in [0.05, 0.1) is 25.9 Å². The number of rotatable bonds is 5. The van der Waals surface area contributed by atoms with Gasteiger partial charge in [0.15, 0.2) is 17.8 Å². The minimum Gasteiger partial charge on any atom is -0.493 e. The van der Waals surface area contributed by atoms with Crippen LogP contribution in [0.25, 0.3) is 0 Å². The van der Waals surface area contributed by atoms with E-state index in [1.807, 2.05) is 0 Å². The smallest absolute Gasteiger partial charge is 0.171 e. The highest BCUT2D eigenvalue weighted by Gasteiger charge is 2.19. The van der Waals surface area contributed by atoms with Crippen LogP contribution in [0.4, 0.5) is 0 Å². The normalized spacial score (nSPS) is 18.7. The second kappa shape index (κ2) is 6.07. The van der Waals surface area contributed by atoms with Gasteiger partial charge >= 0.3 is 0 Å². The molecule has 0 aliphatic carbocycles. The standard InChI is InChI=1S/C13H15ClO4/c1-16-12-5-11(14)4-10(6-15)13(12)18-8-9-2-3-17-7-9/h4-6,9H,2-3,7-8H2,1H3.